The Morgan fingerprint density at radius 2 is 1.52 bits per heavy atom. The molecular formula is C13H10F6N2O2S2. The van der Waals surface area contributed by atoms with Crippen LogP contribution in [0.1, 0.15) is 11.1 Å². The van der Waals surface area contributed by atoms with Crippen LogP contribution in [0.3, 0.4) is 0 Å². The number of amidine groups is 1. The molecule has 138 valence electrons. The number of thioether (sulfide) groups is 1. The summed E-state index contributed by atoms with van der Waals surface area (Å²) >= 11 is 0.836. The number of fused-ring (bicyclic) bond motifs is 1. The molecule has 2 aliphatic heterocycles. The average Bonchev–Trinajstić information content (AvgIpc) is 2.86. The maximum atomic E-state index is 13.0. The lowest BCUT2D eigenvalue weighted by Crippen LogP contribution is -2.37. The van der Waals surface area contributed by atoms with E-state index in [1.807, 2.05) is 0 Å². The zero-order chi connectivity index (χ0) is 18.8. The summed E-state index contributed by atoms with van der Waals surface area (Å²) in [6, 6.07) is 0.168. The van der Waals surface area contributed by atoms with Crippen LogP contribution in [0.2, 0.25) is 0 Å². The molecule has 3 rings (SSSR count). The monoisotopic (exact) mass is 404 g/mol. The molecule has 0 aliphatic carbocycles. The first-order valence-corrected chi connectivity index (χ1v) is 9.52. The van der Waals surface area contributed by atoms with Crippen LogP contribution in [-0.2, 0) is 22.2 Å². The van der Waals surface area contributed by atoms with Gasteiger partial charge in [-0.05, 0) is 18.2 Å². The van der Waals surface area contributed by atoms with Gasteiger partial charge in [0, 0.05) is 10.9 Å². The lowest BCUT2D eigenvalue weighted by atomic mass is 10.1. The molecule has 0 aromatic heterocycles. The third-order valence-electron chi connectivity index (χ3n) is 3.94. The summed E-state index contributed by atoms with van der Waals surface area (Å²) in [6.07, 6.45) is -10.0. The summed E-state index contributed by atoms with van der Waals surface area (Å²) in [5.41, 5.74) is -3.48. The van der Waals surface area contributed by atoms with Gasteiger partial charge < -0.3 is 4.90 Å². The van der Waals surface area contributed by atoms with Gasteiger partial charge in [0.2, 0.25) is 0 Å². The Morgan fingerprint density at radius 1 is 1.00 bits per heavy atom. The summed E-state index contributed by atoms with van der Waals surface area (Å²) in [4.78, 5) is 0.949. The van der Waals surface area contributed by atoms with Crippen molar-refractivity contribution < 1.29 is 34.8 Å². The first-order chi connectivity index (χ1) is 11.3. The van der Waals surface area contributed by atoms with Crippen LogP contribution in [0.25, 0.3) is 0 Å². The minimum absolute atomic E-state index is 0.000786. The minimum Gasteiger partial charge on any atom is -0.316 e. The fourth-order valence-corrected chi connectivity index (χ4v) is 6.68. The van der Waals surface area contributed by atoms with E-state index in [-0.39, 0.29) is 17.0 Å². The van der Waals surface area contributed by atoms with Crippen molar-refractivity contribution in [1.29, 1.82) is 5.41 Å². The molecule has 0 spiro atoms. The molecule has 4 nitrogen and oxygen atoms in total. The number of alkyl halides is 6. The van der Waals surface area contributed by atoms with Crippen LogP contribution in [0.4, 0.5) is 32.0 Å². The molecule has 12 heteroatoms. The summed E-state index contributed by atoms with van der Waals surface area (Å²) in [6.45, 7) is 0. The second-order valence-electron chi connectivity index (χ2n) is 5.74. The highest BCUT2D eigenvalue weighted by Crippen LogP contribution is 2.44. The average molecular weight is 404 g/mol. The van der Waals surface area contributed by atoms with Crippen molar-refractivity contribution in [2.24, 2.45) is 0 Å². The van der Waals surface area contributed by atoms with Crippen LogP contribution in [-0.4, -0.2) is 36.4 Å². The fraction of sp³-hybridized carbons (Fsp3) is 0.462. The lowest BCUT2D eigenvalue weighted by Gasteiger charge is -2.26. The largest absolute Gasteiger partial charge is 0.416 e. The van der Waals surface area contributed by atoms with E-state index in [9.17, 15) is 34.8 Å². The Morgan fingerprint density at radius 3 is 2.00 bits per heavy atom. The normalized spacial score (nSPS) is 26.2. The molecule has 0 amide bonds. The highest BCUT2D eigenvalue weighted by Gasteiger charge is 2.49. The Balaban J connectivity index is 2.11. The first-order valence-electron chi connectivity index (χ1n) is 6.82. The van der Waals surface area contributed by atoms with Gasteiger partial charge in [0.25, 0.3) is 0 Å². The van der Waals surface area contributed by atoms with Gasteiger partial charge in [-0.15, -0.1) is 0 Å². The standard InChI is InChI=1S/C13H10F6N2O2S2/c14-12(15,16)6-1-7(13(17,18)19)3-8(2-6)21-9-4-25(22,23)5-10(9)24-11(21)20/h1-3,9-10,20H,4-5H2. The molecule has 2 saturated heterocycles. The summed E-state index contributed by atoms with van der Waals surface area (Å²) in [5, 5.41) is 7.01. The number of hydrogen-bond acceptors (Lipinski definition) is 4. The van der Waals surface area contributed by atoms with Crippen molar-refractivity contribution in [3.05, 3.63) is 29.3 Å². The minimum atomic E-state index is -5.01. The van der Waals surface area contributed by atoms with Crippen LogP contribution in [0.5, 0.6) is 0 Å². The second kappa shape index (κ2) is 5.53. The molecule has 25 heavy (non-hydrogen) atoms. The predicted molar refractivity (Wildman–Crippen MR) is 80.5 cm³/mol. The van der Waals surface area contributed by atoms with Gasteiger partial charge in [0.05, 0.1) is 28.7 Å². The Bertz CT molecular complexity index is 802. The molecule has 2 heterocycles. The fourth-order valence-electron chi connectivity index (χ4n) is 2.89. The van der Waals surface area contributed by atoms with E-state index in [2.05, 4.69) is 0 Å². The number of nitrogens with one attached hydrogen (secondary N) is 1. The van der Waals surface area contributed by atoms with Crippen molar-refractivity contribution in [2.75, 3.05) is 16.4 Å². The summed E-state index contributed by atoms with van der Waals surface area (Å²) in [7, 11) is -3.45. The van der Waals surface area contributed by atoms with Gasteiger partial charge in [-0.2, -0.15) is 26.3 Å². The molecule has 0 saturated carbocycles. The van der Waals surface area contributed by atoms with Gasteiger partial charge in [-0.1, -0.05) is 11.8 Å². The molecule has 2 unspecified atom stereocenters. The highest BCUT2D eigenvalue weighted by atomic mass is 32.2. The number of rotatable bonds is 1. The van der Waals surface area contributed by atoms with E-state index in [0.29, 0.717) is 12.1 Å². The molecule has 2 aliphatic rings. The lowest BCUT2D eigenvalue weighted by molar-refractivity contribution is -0.143. The van der Waals surface area contributed by atoms with Crippen molar-refractivity contribution >= 4 is 32.5 Å². The van der Waals surface area contributed by atoms with E-state index in [1.165, 1.54) is 0 Å². The smallest absolute Gasteiger partial charge is 0.316 e. The quantitative estimate of drug-likeness (QED) is 0.729. The van der Waals surface area contributed by atoms with Crippen molar-refractivity contribution in [2.45, 2.75) is 23.6 Å². The number of sulfone groups is 1. The zero-order valence-electron chi connectivity index (χ0n) is 12.1. The molecule has 2 fully saturated rings. The number of nitrogens with zero attached hydrogens (tertiary/aromatic N) is 1. The number of hydrogen-bond donors (Lipinski definition) is 1. The van der Waals surface area contributed by atoms with Gasteiger partial charge in [0.15, 0.2) is 15.0 Å². The van der Waals surface area contributed by atoms with Crippen LogP contribution >= 0.6 is 11.8 Å². The Kier molecular flexibility index (Phi) is 4.06. The molecule has 2 atom stereocenters. The number of anilines is 1. The van der Waals surface area contributed by atoms with Gasteiger partial charge in [-0.3, -0.25) is 5.41 Å². The molecule has 0 bridgehead atoms. The van der Waals surface area contributed by atoms with E-state index < -0.39 is 56.0 Å². The topological polar surface area (TPSA) is 61.2 Å². The van der Waals surface area contributed by atoms with Crippen LogP contribution < -0.4 is 4.90 Å². The Labute approximate surface area is 142 Å². The van der Waals surface area contributed by atoms with Gasteiger partial charge in [-0.25, -0.2) is 8.42 Å². The second-order valence-corrected chi connectivity index (χ2v) is 9.12. The summed E-state index contributed by atoms with van der Waals surface area (Å²) in [5.74, 6) is -0.670. The summed E-state index contributed by atoms with van der Waals surface area (Å²) < 4.78 is 101. The van der Waals surface area contributed by atoms with Crippen molar-refractivity contribution in [3.63, 3.8) is 0 Å². The number of halogens is 6. The van der Waals surface area contributed by atoms with E-state index in [1.54, 1.807) is 0 Å². The van der Waals surface area contributed by atoms with E-state index >= 15 is 0 Å². The van der Waals surface area contributed by atoms with Crippen molar-refractivity contribution in [3.8, 4) is 0 Å². The molecule has 1 N–H and O–H groups in total. The maximum Gasteiger partial charge on any atom is 0.416 e. The number of benzene rings is 1. The van der Waals surface area contributed by atoms with Gasteiger partial charge >= 0.3 is 12.4 Å². The SMILES string of the molecule is N=C1SC2CS(=O)(=O)CC2N1c1cc(C(F)(F)F)cc(C(F)(F)F)c1. The van der Waals surface area contributed by atoms with Gasteiger partial charge in [0.1, 0.15) is 0 Å². The van der Waals surface area contributed by atoms with Crippen LogP contribution in [0, 0.1) is 5.41 Å². The molecule has 1 aromatic carbocycles. The molecule has 0 radical (unpaired) electrons. The third kappa shape index (κ3) is 3.46. The first kappa shape index (κ1) is 18.4. The zero-order valence-corrected chi connectivity index (χ0v) is 13.8. The van der Waals surface area contributed by atoms with Crippen molar-refractivity contribution in [1.82, 2.24) is 0 Å². The molecular weight excluding hydrogens is 394 g/mol. The predicted octanol–water partition coefficient (Wildman–Crippen LogP) is 3.38. The Hall–Kier alpha value is -1.43. The van der Waals surface area contributed by atoms with E-state index in [0.717, 1.165) is 16.7 Å². The maximum absolute atomic E-state index is 13.0. The molecule has 1 aromatic rings. The van der Waals surface area contributed by atoms with Crippen LogP contribution in [0.15, 0.2) is 18.2 Å². The third-order valence-corrected chi connectivity index (χ3v) is 7.07. The highest BCUT2D eigenvalue weighted by molar-refractivity contribution is 8.15. The van der Waals surface area contributed by atoms with E-state index in [4.69, 9.17) is 5.41 Å².